The molecule has 20 heavy (non-hydrogen) atoms. The van der Waals surface area contributed by atoms with Gasteiger partial charge in [-0.05, 0) is 54.8 Å². The molecule has 0 aliphatic carbocycles. The van der Waals surface area contributed by atoms with Crippen LogP contribution in [0.2, 0.25) is 0 Å². The van der Waals surface area contributed by atoms with Crippen molar-refractivity contribution in [3.05, 3.63) is 57.6 Å². The summed E-state index contributed by atoms with van der Waals surface area (Å²) in [5.74, 6) is -0.308. The molecule has 0 aliphatic rings. The van der Waals surface area contributed by atoms with Gasteiger partial charge in [0.2, 0.25) is 0 Å². The Hall–Kier alpha value is -1.81. The molecule has 0 aromatic heterocycles. The van der Waals surface area contributed by atoms with Crippen molar-refractivity contribution >= 4 is 27.5 Å². The molecular weight excluding hydrogens is 318 g/mol. The molecule has 0 heterocycles. The van der Waals surface area contributed by atoms with Crippen molar-refractivity contribution < 1.29 is 9.90 Å². The van der Waals surface area contributed by atoms with Gasteiger partial charge < -0.3 is 10.4 Å². The fraction of sp³-hybridized carbons (Fsp3) is 0.188. The number of anilines is 1. The number of benzene rings is 2. The highest BCUT2D eigenvalue weighted by atomic mass is 79.9. The summed E-state index contributed by atoms with van der Waals surface area (Å²) in [4.78, 5) is 12.2. The molecule has 4 heteroatoms. The maximum atomic E-state index is 12.2. The first-order valence-corrected chi connectivity index (χ1v) is 7.20. The number of phenolic OH excluding ortho intramolecular Hbond substituents is 1. The highest BCUT2D eigenvalue weighted by Crippen LogP contribution is 2.24. The third-order valence-corrected chi connectivity index (χ3v) is 3.59. The van der Waals surface area contributed by atoms with Gasteiger partial charge in [-0.25, -0.2) is 0 Å². The van der Waals surface area contributed by atoms with E-state index >= 15 is 0 Å². The van der Waals surface area contributed by atoms with Gasteiger partial charge in [-0.1, -0.05) is 28.9 Å². The van der Waals surface area contributed by atoms with E-state index in [0.717, 1.165) is 27.7 Å². The van der Waals surface area contributed by atoms with Crippen LogP contribution < -0.4 is 5.32 Å². The molecule has 0 fully saturated rings. The first kappa shape index (κ1) is 14.6. The van der Waals surface area contributed by atoms with Crippen LogP contribution in [0.15, 0.2) is 40.9 Å². The topological polar surface area (TPSA) is 49.3 Å². The minimum atomic E-state index is -0.306. The zero-order valence-electron chi connectivity index (χ0n) is 11.4. The van der Waals surface area contributed by atoms with Crippen LogP contribution in [0.4, 0.5) is 5.69 Å². The number of nitrogens with one attached hydrogen (secondary N) is 1. The second kappa shape index (κ2) is 6.09. The first-order valence-electron chi connectivity index (χ1n) is 6.40. The molecule has 2 rings (SSSR count). The lowest BCUT2D eigenvalue weighted by Gasteiger charge is -2.11. The summed E-state index contributed by atoms with van der Waals surface area (Å²) in [7, 11) is 0. The Labute approximate surface area is 126 Å². The number of hydrogen-bond donors (Lipinski definition) is 2. The molecule has 0 radical (unpaired) electrons. The molecule has 0 saturated carbocycles. The van der Waals surface area contributed by atoms with Crippen molar-refractivity contribution in [2.24, 2.45) is 0 Å². The first-order chi connectivity index (χ1) is 9.51. The predicted molar refractivity (Wildman–Crippen MR) is 84.3 cm³/mol. The quantitative estimate of drug-likeness (QED) is 0.880. The maximum Gasteiger partial charge on any atom is 0.259 e. The molecule has 2 aromatic rings. The van der Waals surface area contributed by atoms with E-state index < -0.39 is 0 Å². The average Bonchev–Trinajstić information content (AvgIpc) is 2.40. The Morgan fingerprint density at radius 3 is 2.65 bits per heavy atom. The van der Waals surface area contributed by atoms with Crippen LogP contribution in [-0.2, 0) is 6.42 Å². The number of carbonyl (C=O) groups excluding carboxylic acids is 1. The lowest BCUT2D eigenvalue weighted by atomic mass is 10.1. The summed E-state index contributed by atoms with van der Waals surface area (Å²) >= 11 is 3.42. The molecule has 2 aromatic carbocycles. The Morgan fingerprint density at radius 1 is 1.25 bits per heavy atom. The van der Waals surface area contributed by atoms with E-state index in [9.17, 15) is 9.90 Å². The zero-order chi connectivity index (χ0) is 14.7. The molecule has 2 N–H and O–H groups in total. The van der Waals surface area contributed by atoms with Crippen LogP contribution in [0, 0.1) is 6.92 Å². The summed E-state index contributed by atoms with van der Waals surface area (Å²) in [6.45, 7) is 3.89. The van der Waals surface area contributed by atoms with Gasteiger partial charge in [0.1, 0.15) is 5.75 Å². The smallest absolute Gasteiger partial charge is 0.259 e. The van der Waals surface area contributed by atoms with Gasteiger partial charge >= 0.3 is 0 Å². The number of phenols is 1. The van der Waals surface area contributed by atoms with Crippen molar-refractivity contribution in [2.75, 3.05) is 5.32 Å². The minimum absolute atomic E-state index is 0.00217. The number of aryl methyl sites for hydroxylation is 2. The SMILES string of the molecule is CCc1cc(Br)ccc1NC(=O)c1ccc(C)cc1O. The van der Waals surface area contributed by atoms with Gasteiger partial charge in [0, 0.05) is 10.2 Å². The summed E-state index contributed by atoms with van der Waals surface area (Å²) in [5, 5.41) is 12.7. The largest absolute Gasteiger partial charge is 0.507 e. The van der Waals surface area contributed by atoms with Gasteiger partial charge in [-0.15, -0.1) is 0 Å². The summed E-state index contributed by atoms with van der Waals surface area (Å²) in [5.41, 5.74) is 3.00. The number of carbonyl (C=O) groups is 1. The maximum absolute atomic E-state index is 12.2. The van der Waals surface area contributed by atoms with Crippen molar-refractivity contribution in [3.63, 3.8) is 0 Å². The molecular formula is C16H16BrNO2. The standard InChI is InChI=1S/C16H16BrNO2/c1-3-11-9-12(17)5-7-14(11)18-16(20)13-6-4-10(2)8-15(13)19/h4-9,19H,3H2,1-2H3,(H,18,20). The molecule has 0 unspecified atom stereocenters. The number of aromatic hydroxyl groups is 1. The second-order valence-electron chi connectivity index (χ2n) is 4.63. The molecule has 0 saturated heterocycles. The Kier molecular flexibility index (Phi) is 4.45. The average molecular weight is 334 g/mol. The van der Waals surface area contributed by atoms with E-state index in [1.165, 1.54) is 0 Å². The van der Waals surface area contributed by atoms with E-state index in [1.807, 2.05) is 32.0 Å². The van der Waals surface area contributed by atoms with Crippen molar-refractivity contribution in [3.8, 4) is 5.75 Å². The van der Waals surface area contributed by atoms with Crippen LogP contribution in [-0.4, -0.2) is 11.0 Å². The fourth-order valence-electron chi connectivity index (χ4n) is 2.00. The van der Waals surface area contributed by atoms with Crippen molar-refractivity contribution in [2.45, 2.75) is 20.3 Å². The fourth-order valence-corrected chi connectivity index (χ4v) is 2.41. The van der Waals surface area contributed by atoms with E-state index in [2.05, 4.69) is 21.2 Å². The van der Waals surface area contributed by atoms with Gasteiger partial charge in [0.25, 0.3) is 5.91 Å². The monoisotopic (exact) mass is 333 g/mol. The van der Waals surface area contributed by atoms with E-state index in [0.29, 0.717) is 0 Å². The van der Waals surface area contributed by atoms with Crippen molar-refractivity contribution in [1.29, 1.82) is 0 Å². The van der Waals surface area contributed by atoms with Crippen LogP contribution in [0.3, 0.4) is 0 Å². The van der Waals surface area contributed by atoms with E-state index in [1.54, 1.807) is 18.2 Å². The van der Waals surface area contributed by atoms with Crippen LogP contribution in [0.25, 0.3) is 0 Å². The number of hydrogen-bond acceptors (Lipinski definition) is 2. The van der Waals surface area contributed by atoms with Crippen molar-refractivity contribution in [1.82, 2.24) is 0 Å². The summed E-state index contributed by atoms with van der Waals surface area (Å²) in [6, 6.07) is 10.7. The van der Waals surface area contributed by atoms with Gasteiger partial charge in [-0.2, -0.15) is 0 Å². The normalized spacial score (nSPS) is 10.3. The van der Waals surface area contributed by atoms with E-state index in [-0.39, 0.29) is 17.2 Å². The molecule has 104 valence electrons. The van der Waals surface area contributed by atoms with Crippen LogP contribution in [0.1, 0.15) is 28.4 Å². The highest BCUT2D eigenvalue weighted by molar-refractivity contribution is 9.10. The molecule has 0 spiro atoms. The van der Waals surface area contributed by atoms with Gasteiger partial charge in [-0.3, -0.25) is 4.79 Å². The van der Waals surface area contributed by atoms with Gasteiger partial charge in [0.05, 0.1) is 5.56 Å². The summed E-state index contributed by atoms with van der Waals surface area (Å²) in [6.07, 6.45) is 0.814. The number of rotatable bonds is 3. The third-order valence-electron chi connectivity index (χ3n) is 3.09. The lowest BCUT2D eigenvalue weighted by molar-refractivity contribution is 0.102. The molecule has 0 aliphatic heterocycles. The van der Waals surface area contributed by atoms with Crippen LogP contribution in [0.5, 0.6) is 5.75 Å². The zero-order valence-corrected chi connectivity index (χ0v) is 13.0. The number of halogens is 1. The molecule has 1 amide bonds. The highest BCUT2D eigenvalue weighted by Gasteiger charge is 2.12. The number of amides is 1. The van der Waals surface area contributed by atoms with E-state index in [4.69, 9.17) is 0 Å². The second-order valence-corrected chi connectivity index (χ2v) is 5.55. The lowest BCUT2D eigenvalue weighted by Crippen LogP contribution is -2.13. The van der Waals surface area contributed by atoms with Gasteiger partial charge in [0.15, 0.2) is 0 Å². The Balaban J connectivity index is 2.28. The molecule has 0 atom stereocenters. The Morgan fingerprint density at radius 2 is 2.00 bits per heavy atom. The van der Waals surface area contributed by atoms with Crippen LogP contribution >= 0.6 is 15.9 Å². The Bertz CT molecular complexity index is 653. The molecule has 3 nitrogen and oxygen atoms in total. The minimum Gasteiger partial charge on any atom is -0.507 e. The summed E-state index contributed by atoms with van der Waals surface area (Å²) < 4.78 is 0.977. The third kappa shape index (κ3) is 3.20. The predicted octanol–water partition coefficient (Wildman–Crippen LogP) is 4.28. The molecule has 0 bridgehead atoms.